The van der Waals surface area contributed by atoms with Gasteiger partial charge in [0.25, 0.3) is 12.3 Å². The van der Waals surface area contributed by atoms with Crippen LogP contribution in [0.1, 0.15) is 47.1 Å². The number of fused-ring (bicyclic) bond motifs is 1. The number of hydrogen-bond donors (Lipinski definition) is 2. The van der Waals surface area contributed by atoms with Crippen LogP contribution in [-0.2, 0) is 17.6 Å². The number of hydrogen-bond acceptors (Lipinski definition) is 4. The summed E-state index contributed by atoms with van der Waals surface area (Å²) >= 11 is 0. The maximum atomic E-state index is 13.1. The van der Waals surface area contributed by atoms with Gasteiger partial charge < -0.3 is 10.4 Å². The summed E-state index contributed by atoms with van der Waals surface area (Å²) in [6.45, 7) is 1.01. The molecule has 0 saturated heterocycles. The molecule has 1 atom stereocenters. The number of carboxylic acids is 1. The molecule has 2 aliphatic rings. The minimum absolute atomic E-state index is 0.0594. The van der Waals surface area contributed by atoms with Gasteiger partial charge in [0, 0.05) is 5.69 Å². The van der Waals surface area contributed by atoms with Gasteiger partial charge in [-0.3, -0.25) is 4.79 Å². The lowest BCUT2D eigenvalue weighted by Gasteiger charge is -2.17. The summed E-state index contributed by atoms with van der Waals surface area (Å²) in [4.78, 5) is 31.3. The summed E-state index contributed by atoms with van der Waals surface area (Å²) in [5.74, 6) is -2.40. The van der Waals surface area contributed by atoms with E-state index >= 15 is 0 Å². The topological polar surface area (TPSA) is 91.7 Å². The van der Waals surface area contributed by atoms with Crippen molar-refractivity contribution in [1.29, 1.82) is 0 Å². The molecule has 0 saturated carbocycles. The Hall–Kier alpha value is -2.38. The van der Waals surface area contributed by atoms with Crippen molar-refractivity contribution in [2.45, 2.75) is 44.6 Å². The second-order valence-corrected chi connectivity index (χ2v) is 5.87. The Morgan fingerprint density at radius 3 is 2.70 bits per heavy atom. The number of aliphatic imine (C=N–C) groups is 1. The van der Waals surface area contributed by atoms with Gasteiger partial charge in [0.15, 0.2) is 11.4 Å². The van der Waals surface area contributed by atoms with Crippen molar-refractivity contribution in [3.05, 3.63) is 28.6 Å². The van der Waals surface area contributed by atoms with E-state index in [1.165, 1.54) is 6.07 Å². The van der Waals surface area contributed by atoms with E-state index in [0.717, 1.165) is 37.4 Å². The van der Waals surface area contributed by atoms with Gasteiger partial charge in [-0.25, -0.2) is 23.6 Å². The molecule has 0 radical (unpaired) electrons. The Morgan fingerprint density at radius 2 is 2.09 bits per heavy atom. The highest BCUT2D eigenvalue weighted by molar-refractivity contribution is 6.17. The number of rotatable bonds is 3. The number of halogens is 2. The number of aromatic nitrogens is 1. The smallest absolute Gasteiger partial charge is 0.338 e. The van der Waals surface area contributed by atoms with E-state index in [9.17, 15) is 23.5 Å². The summed E-state index contributed by atoms with van der Waals surface area (Å²) < 4.78 is 26.2. The van der Waals surface area contributed by atoms with Crippen molar-refractivity contribution in [3.8, 4) is 0 Å². The minimum atomic E-state index is -2.99. The first kappa shape index (κ1) is 15.5. The molecule has 23 heavy (non-hydrogen) atoms. The zero-order chi connectivity index (χ0) is 16.8. The van der Waals surface area contributed by atoms with E-state index in [1.54, 1.807) is 0 Å². The normalized spacial score (nSPS) is 23.5. The predicted octanol–water partition coefficient (Wildman–Crippen LogP) is 1.56. The molecule has 122 valence electrons. The van der Waals surface area contributed by atoms with Crippen LogP contribution >= 0.6 is 0 Å². The Morgan fingerprint density at radius 1 is 1.39 bits per heavy atom. The Labute approximate surface area is 130 Å². The highest BCUT2D eigenvalue weighted by Gasteiger charge is 2.48. The molecular formula is C15H15F2N3O3. The number of pyridine rings is 1. The second kappa shape index (κ2) is 5.36. The lowest BCUT2D eigenvalue weighted by atomic mass is 9.94. The van der Waals surface area contributed by atoms with E-state index in [1.807, 2.05) is 0 Å². The number of aryl methyl sites for hydroxylation is 2. The molecule has 0 bridgehead atoms. The van der Waals surface area contributed by atoms with Crippen molar-refractivity contribution >= 4 is 17.7 Å². The number of amidine groups is 1. The Balaban J connectivity index is 2.13. The average Bonchev–Trinajstić information content (AvgIpc) is 2.82. The molecule has 1 aromatic rings. The van der Waals surface area contributed by atoms with E-state index in [4.69, 9.17) is 0 Å². The SMILES string of the molecule is CC1(C(F)F)N=C(c2nc3c(cc2C(=O)O)CCCC3)NC1=O. The van der Waals surface area contributed by atoms with Crippen molar-refractivity contribution in [2.75, 3.05) is 0 Å². The molecule has 1 amide bonds. The van der Waals surface area contributed by atoms with Crippen LogP contribution in [-0.4, -0.2) is 39.8 Å². The molecule has 0 spiro atoms. The first-order valence-electron chi connectivity index (χ1n) is 7.29. The largest absolute Gasteiger partial charge is 0.478 e. The quantitative estimate of drug-likeness (QED) is 0.883. The zero-order valence-corrected chi connectivity index (χ0v) is 12.4. The van der Waals surface area contributed by atoms with E-state index in [2.05, 4.69) is 15.3 Å². The second-order valence-electron chi connectivity index (χ2n) is 5.87. The molecule has 1 aliphatic heterocycles. The number of aromatic carboxylic acids is 1. The van der Waals surface area contributed by atoms with Crippen molar-refractivity contribution in [1.82, 2.24) is 10.3 Å². The predicted molar refractivity (Wildman–Crippen MR) is 76.9 cm³/mol. The molecule has 2 N–H and O–H groups in total. The molecule has 1 aliphatic carbocycles. The summed E-state index contributed by atoms with van der Waals surface area (Å²) in [6.07, 6.45) is 0.311. The summed E-state index contributed by atoms with van der Waals surface area (Å²) in [5.41, 5.74) is -0.834. The van der Waals surface area contributed by atoms with Gasteiger partial charge in [-0.05, 0) is 44.2 Å². The van der Waals surface area contributed by atoms with Gasteiger partial charge in [-0.1, -0.05) is 0 Å². The molecule has 1 unspecified atom stereocenters. The van der Waals surface area contributed by atoms with Crippen molar-refractivity contribution < 1.29 is 23.5 Å². The number of nitrogens with zero attached hydrogens (tertiary/aromatic N) is 2. The number of nitrogens with one attached hydrogen (secondary N) is 1. The molecule has 3 rings (SSSR count). The first-order chi connectivity index (χ1) is 10.8. The number of alkyl halides is 2. The molecule has 8 heteroatoms. The number of amides is 1. The number of carboxylic acid groups (broad SMARTS) is 1. The molecular weight excluding hydrogens is 308 g/mol. The molecule has 0 aromatic carbocycles. The maximum Gasteiger partial charge on any atom is 0.338 e. The number of carbonyl (C=O) groups excluding carboxylic acids is 1. The minimum Gasteiger partial charge on any atom is -0.478 e. The van der Waals surface area contributed by atoms with Gasteiger partial charge in [-0.15, -0.1) is 0 Å². The van der Waals surface area contributed by atoms with Crippen LogP contribution in [0.4, 0.5) is 8.78 Å². The number of carbonyl (C=O) groups is 2. The van der Waals surface area contributed by atoms with Crippen LogP contribution in [0.25, 0.3) is 0 Å². The fourth-order valence-corrected chi connectivity index (χ4v) is 2.78. The van der Waals surface area contributed by atoms with E-state index in [0.29, 0.717) is 6.42 Å². The van der Waals surface area contributed by atoms with Crippen molar-refractivity contribution in [2.24, 2.45) is 4.99 Å². The third-order valence-electron chi connectivity index (χ3n) is 4.22. The van der Waals surface area contributed by atoms with Crippen LogP contribution in [0, 0.1) is 0 Å². The third kappa shape index (κ3) is 2.47. The van der Waals surface area contributed by atoms with Crippen LogP contribution < -0.4 is 5.32 Å². The monoisotopic (exact) mass is 323 g/mol. The van der Waals surface area contributed by atoms with Crippen LogP contribution in [0.5, 0.6) is 0 Å². The summed E-state index contributed by atoms with van der Waals surface area (Å²) in [5, 5.41) is 11.6. The van der Waals surface area contributed by atoms with Gasteiger partial charge in [0.1, 0.15) is 5.69 Å². The third-order valence-corrected chi connectivity index (χ3v) is 4.22. The fraction of sp³-hybridized carbons (Fsp3) is 0.467. The molecule has 2 heterocycles. The van der Waals surface area contributed by atoms with E-state index < -0.39 is 23.8 Å². The Bertz CT molecular complexity index is 733. The fourth-order valence-electron chi connectivity index (χ4n) is 2.78. The van der Waals surface area contributed by atoms with Crippen molar-refractivity contribution in [3.63, 3.8) is 0 Å². The molecule has 1 aromatic heterocycles. The van der Waals surface area contributed by atoms with Gasteiger partial charge >= 0.3 is 5.97 Å². The maximum absolute atomic E-state index is 13.1. The molecule has 6 nitrogen and oxygen atoms in total. The summed E-state index contributed by atoms with van der Waals surface area (Å²) in [6, 6.07) is 1.51. The summed E-state index contributed by atoms with van der Waals surface area (Å²) in [7, 11) is 0. The van der Waals surface area contributed by atoms with Gasteiger partial charge in [0.05, 0.1) is 5.56 Å². The average molecular weight is 323 g/mol. The zero-order valence-electron chi connectivity index (χ0n) is 12.4. The highest BCUT2D eigenvalue weighted by Crippen LogP contribution is 2.28. The van der Waals surface area contributed by atoms with Crippen LogP contribution in [0.15, 0.2) is 11.1 Å². The Kier molecular flexibility index (Phi) is 3.62. The lowest BCUT2D eigenvalue weighted by molar-refractivity contribution is -0.128. The van der Waals surface area contributed by atoms with E-state index in [-0.39, 0.29) is 17.1 Å². The first-order valence-corrected chi connectivity index (χ1v) is 7.29. The standard InChI is InChI=1S/C15H15F2N3O3/c1-15(13(16)17)14(23)19-11(20-15)10-8(12(21)22)6-7-4-2-3-5-9(7)18-10/h6,13H,2-5H2,1H3,(H,21,22)(H,19,20,23). The lowest BCUT2D eigenvalue weighted by Crippen LogP contribution is -2.43. The molecule has 0 fully saturated rings. The van der Waals surface area contributed by atoms with Crippen LogP contribution in [0.3, 0.4) is 0 Å². The van der Waals surface area contributed by atoms with Crippen LogP contribution in [0.2, 0.25) is 0 Å². The highest BCUT2D eigenvalue weighted by atomic mass is 19.3. The van der Waals surface area contributed by atoms with Gasteiger partial charge in [-0.2, -0.15) is 0 Å². The van der Waals surface area contributed by atoms with Gasteiger partial charge in [0.2, 0.25) is 0 Å².